The molecule has 27 heavy (non-hydrogen) atoms. The molecule has 0 aliphatic carbocycles. The van der Waals surface area contributed by atoms with Gasteiger partial charge in [0, 0.05) is 11.1 Å². The van der Waals surface area contributed by atoms with Gasteiger partial charge < -0.3 is 19.3 Å². The van der Waals surface area contributed by atoms with Gasteiger partial charge in [0.2, 0.25) is 11.7 Å². The Morgan fingerprint density at radius 3 is 2.63 bits per heavy atom. The molecule has 8 heteroatoms. The molecule has 0 saturated heterocycles. The van der Waals surface area contributed by atoms with Crippen molar-refractivity contribution >= 4 is 5.91 Å². The Kier molecular flexibility index (Phi) is 5.35. The fraction of sp³-hybridized carbons (Fsp3) is 0.211. The van der Waals surface area contributed by atoms with Crippen LogP contribution < -0.4 is 14.8 Å². The van der Waals surface area contributed by atoms with Gasteiger partial charge in [0.05, 0.1) is 14.2 Å². The van der Waals surface area contributed by atoms with Crippen molar-refractivity contribution in [1.82, 2.24) is 15.5 Å². The van der Waals surface area contributed by atoms with Crippen LogP contribution in [-0.2, 0) is 0 Å². The van der Waals surface area contributed by atoms with Gasteiger partial charge in [-0.25, -0.2) is 4.39 Å². The zero-order valence-corrected chi connectivity index (χ0v) is 15.0. The monoisotopic (exact) mass is 371 g/mol. The highest BCUT2D eigenvalue weighted by Crippen LogP contribution is 2.31. The maximum atomic E-state index is 13.3. The molecule has 0 spiro atoms. The summed E-state index contributed by atoms with van der Waals surface area (Å²) in [5.74, 6) is 0.772. The smallest absolute Gasteiger partial charge is 0.252 e. The van der Waals surface area contributed by atoms with Crippen molar-refractivity contribution in [2.24, 2.45) is 0 Å². The van der Waals surface area contributed by atoms with Crippen molar-refractivity contribution in [3.63, 3.8) is 0 Å². The van der Waals surface area contributed by atoms with Gasteiger partial charge in [0.25, 0.3) is 5.91 Å². The van der Waals surface area contributed by atoms with Gasteiger partial charge in [-0.2, -0.15) is 4.98 Å². The van der Waals surface area contributed by atoms with Crippen molar-refractivity contribution in [3.05, 3.63) is 59.7 Å². The molecule has 1 aromatic heterocycles. The lowest BCUT2D eigenvalue weighted by molar-refractivity contribution is 0.0932. The summed E-state index contributed by atoms with van der Waals surface area (Å²) in [6.07, 6.45) is 0. The molecule has 3 rings (SSSR count). The number of carbonyl (C=O) groups excluding carboxylic acids is 1. The van der Waals surface area contributed by atoms with Crippen LogP contribution in [0.15, 0.2) is 47.0 Å². The SMILES string of the molecule is COc1ccc(-c2noc([C@H](C)NC(=O)c3cccc(F)c3)n2)cc1OC. The highest BCUT2D eigenvalue weighted by Gasteiger charge is 2.19. The molecule has 1 atom stereocenters. The fourth-order valence-corrected chi connectivity index (χ4v) is 2.48. The minimum atomic E-state index is -0.554. The number of benzene rings is 2. The summed E-state index contributed by atoms with van der Waals surface area (Å²) in [4.78, 5) is 16.5. The van der Waals surface area contributed by atoms with Crippen molar-refractivity contribution < 1.29 is 23.2 Å². The summed E-state index contributed by atoms with van der Waals surface area (Å²) in [5, 5.41) is 6.64. The molecule has 0 radical (unpaired) electrons. The predicted octanol–water partition coefficient (Wildman–Crippen LogP) is 3.38. The Morgan fingerprint density at radius 2 is 1.93 bits per heavy atom. The van der Waals surface area contributed by atoms with Crippen molar-refractivity contribution in [2.75, 3.05) is 14.2 Å². The normalized spacial score (nSPS) is 11.7. The van der Waals surface area contributed by atoms with Gasteiger partial charge in [-0.15, -0.1) is 0 Å². The van der Waals surface area contributed by atoms with E-state index in [0.717, 1.165) is 6.07 Å². The molecule has 0 bridgehead atoms. The molecule has 0 saturated carbocycles. The van der Waals surface area contributed by atoms with E-state index in [1.807, 2.05) is 0 Å². The Labute approximate surface area is 155 Å². The lowest BCUT2D eigenvalue weighted by atomic mass is 10.2. The molecular weight excluding hydrogens is 353 g/mol. The lowest BCUT2D eigenvalue weighted by Gasteiger charge is -2.09. The van der Waals surface area contributed by atoms with Gasteiger partial charge >= 0.3 is 0 Å². The molecule has 3 aromatic rings. The van der Waals surface area contributed by atoms with E-state index in [9.17, 15) is 9.18 Å². The van der Waals surface area contributed by atoms with E-state index in [-0.39, 0.29) is 11.5 Å². The summed E-state index contributed by atoms with van der Waals surface area (Å²) in [5.41, 5.74) is 0.882. The maximum Gasteiger partial charge on any atom is 0.252 e. The number of nitrogens with one attached hydrogen (secondary N) is 1. The number of hydrogen-bond donors (Lipinski definition) is 1. The Hall–Kier alpha value is -3.42. The lowest BCUT2D eigenvalue weighted by Crippen LogP contribution is -2.26. The van der Waals surface area contributed by atoms with E-state index >= 15 is 0 Å². The van der Waals surface area contributed by atoms with Gasteiger partial charge in [0.15, 0.2) is 11.5 Å². The second-order valence-electron chi connectivity index (χ2n) is 5.73. The highest BCUT2D eigenvalue weighted by atomic mass is 19.1. The Morgan fingerprint density at radius 1 is 1.15 bits per heavy atom. The molecular formula is C19H18FN3O4. The largest absolute Gasteiger partial charge is 0.493 e. The van der Waals surface area contributed by atoms with Crippen LogP contribution in [0.25, 0.3) is 11.4 Å². The summed E-state index contributed by atoms with van der Waals surface area (Å²) in [7, 11) is 3.08. The van der Waals surface area contributed by atoms with E-state index < -0.39 is 17.8 Å². The zero-order valence-electron chi connectivity index (χ0n) is 15.0. The third-order valence-electron chi connectivity index (χ3n) is 3.89. The van der Waals surface area contributed by atoms with Crippen LogP contribution >= 0.6 is 0 Å². The molecule has 140 valence electrons. The van der Waals surface area contributed by atoms with E-state index in [1.54, 1.807) is 32.2 Å². The standard InChI is InChI=1S/C19H18FN3O4/c1-11(21-18(24)13-5-4-6-14(20)9-13)19-22-17(23-27-19)12-7-8-15(25-2)16(10-12)26-3/h4-11H,1-3H3,(H,21,24)/t11-/m0/s1. The first-order chi connectivity index (χ1) is 13.0. The van der Waals surface area contributed by atoms with Crippen LogP contribution in [0.5, 0.6) is 11.5 Å². The summed E-state index contributed by atoms with van der Waals surface area (Å²) in [6, 6.07) is 10.1. The van der Waals surface area contributed by atoms with Crippen LogP contribution in [-0.4, -0.2) is 30.3 Å². The number of carbonyl (C=O) groups is 1. The minimum Gasteiger partial charge on any atom is -0.493 e. The highest BCUT2D eigenvalue weighted by molar-refractivity contribution is 5.94. The summed E-state index contributed by atoms with van der Waals surface area (Å²) < 4.78 is 29.0. The Balaban J connectivity index is 1.76. The maximum absolute atomic E-state index is 13.3. The number of halogens is 1. The van der Waals surface area contributed by atoms with E-state index in [2.05, 4.69) is 15.5 Å². The predicted molar refractivity (Wildman–Crippen MR) is 95.1 cm³/mol. The van der Waals surface area contributed by atoms with Crippen molar-refractivity contribution in [3.8, 4) is 22.9 Å². The summed E-state index contributed by atoms with van der Waals surface area (Å²) in [6.45, 7) is 1.70. The molecule has 2 aromatic carbocycles. The molecule has 0 fully saturated rings. The van der Waals surface area contributed by atoms with Crippen molar-refractivity contribution in [2.45, 2.75) is 13.0 Å². The number of rotatable bonds is 6. The number of hydrogen-bond acceptors (Lipinski definition) is 6. The molecule has 0 aliphatic rings. The van der Waals surface area contributed by atoms with Crippen LogP contribution in [0.4, 0.5) is 4.39 Å². The van der Waals surface area contributed by atoms with Crippen LogP contribution in [0.3, 0.4) is 0 Å². The molecule has 7 nitrogen and oxygen atoms in total. The second-order valence-corrected chi connectivity index (χ2v) is 5.73. The quantitative estimate of drug-likeness (QED) is 0.715. The minimum absolute atomic E-state index is 0.210. The van der Waals surface area contributed by atoms with Crippen LogP contribution in [0, 0.1) is 5.82 Å². The van der Waals surface area contributed by atoms with Gasteiger partial charge in [-0.05, 0) is 43.3 Å². The number of amides is 1. The first-order valence-corrected chi connectivity index (χ1v) is 8.14. The topological polar surface area (TPSA) is 86.5 Å². The van der Waals surface area contributed by atoms with Gasteiger partial charge in [-0.3, -0.25) is 4.79 Å². The average Bonchev–Trinajstić information content (AvgIpc) is 3.17. The third kappa shape index (κ3) is 4.05. The molecule has 1 N–H and O–H groups in total. The van der Waals surface area contributed by atoms with Gasteiger partial charge in [-0.1, -0.05) is 11.2 Å². The zero-order chi connectivity index (χ0) is 19.4. The van der Waals surface area contributed by atoms with E-state index in [0.29, 0.717) is 22.9 Å². The van der Waals surface area contributed by atoms with E-state index in [4.69, 9.17) is 14.0 Å². The van der Waals surface area contributed by atoms with E-state index in [1.165, 1.54) is 25.3 Å². The van der Waals surface area contributed by atoms with Crippen LogP contribution in [0.1, 0.15) is 29.2 Å². The first kappa shape index (κ1) is 18.4. The van der Waals surface area contributed by atoms with Crippen LogP contribution in [0.2, 0.25) is 0 Å². The first-order valence-electron chi connectivity index (χ1n) is 8.14. The number of methoxy groups -OCH3 is 2. The molecule has 1 heterocycles. The average molecular weight is 371 g/mol. The molecule has 0 unspecified atom stereocenters. The molecule has 1 amide bonds. The Bertz CT molecular complexity index is 958. The summed E-state index contributed by atoms with van der Waals surface area (Å²) >= 11 is 0. The second kappa shape index (κ2) is 7.86. The number of nitrogens with zero attached hydrogens (tertiary/aromatic N) is 2. The van der Waals surface area contributed by atoms with Crippen molar-refractivity contribution in [1.29, 1.82) is 0 Å². The number of ether oxygens (including phenoxy) is 2. The number of aromatic nitrogens is 2. The van der Waals surface area contributed by atoms with Gasteiger partial charge in [0.1, 0.15) is 11.9 Å². The third-order valence-corrected chi connectivity index (χ3v) is 3.89. The molecule has 0 aliphatic heterocycles. The fourth-order valence-electron chi connectivity index (χ4n) is 2.48.